The molecule has 0 spiro atoms. The normalized spacial score (nSPS) is 14.1. The van der Waals surface area contributed by atoms with Gasteiger partial charge in [0.05, 0.1) is 10.5 Å². The van der Waals surface area contributed by atoms with Crippen LogP contribution in [0.25, 0.3) is 33.9 Å². The Kier molecular flexibility index (Phi) is 5.33. The summed E-state index contributed by atoms with van der Waals surface area (Å²) in [5.41, 5.74) is 10.2. The average molecular weight is 488 g/mol. The van der Waals surface area contributed by atoms with Crippen LogP contribution in [-0.2, 0) is 15.0 Å². The van der Waals surface area contributed by atoms with Gasteiger partial charge < -0.3 is 16.0 Å². The van der Waals surface area contributed by atoms with Crippen LogP contribution in [0.5, 0.6) is 0 Å². The molecule has 0 bridgehead atoms. The molecular formula is C26H18FN3O4S. The van der Waals surface area contributed by atoms with Gasteiger partial charge in [-0.3, -0.25) is 9.59 Å². The SMILES string of the molecule is NC(=O)c1ccc(S(=O)(=O)F)cc1-c1cccc(-c2cccc3c2C(=Cc2ccc[nH]2)C(=O)N3)c1. The van der Waals surface area contributed by atoms with Gasteiger partial charge >= 0.3 is 10.2 Å². The van der Waals surface area contributed by atoms with Crippen LogP contribution in [0.3, 0.4) is 0 Å². The Bertz CT molecular complexity index is 1640. The Morgan fingerprint density at radius 3 is 2.34 bits per heavy atom. The molecule has 1 aromatic heterocycles. The van der Waals surface area contributed by atoms with Crippen molar-refractivity contribution in [1.82, 2.24) is 4.98 Å². The van der Waals surface area contributed by atoms with E-state index in [9.17, 15) is 21.9 Å². The molecule has 2 heterocycles. The minimum atomic E-state index is -4.99. The fourth-order valence-corrected chi connectivity index (χ4v) is 4.69. The van der Waals surface area contributed by atoms with Gasteiger partial charge in [0, 0.05) is 28.7 Å². The summed E-state index contributed by atoms with van der Waals surface area (Å²) in [6.45, 7) is 0. The topological polar surface area (TPSA) is 122 Å². The maximum atomic E-state index is 13.7. The number of nitrogens with one attached hydrogen (secondary N) is 2. The lowest BCUT2D eigenvalue weighted by Crippen LogP contribution is -2.13. The lowest BCUT2D eigenvalue weighted by molar-refractivity contribution is -0.110. The lowest BCUT2D eigenvalue weighted by Gasteiger charge is -2.13. The zero-order valence-electron chi connectivity index (χ0n) is 18.1. The Morgan fingerprint density at radius 2 is 1.66 bits per heavy atom. The average Bonchev–Trinajstić information content (AvgIpc) is 3.46. The number of anilines is 1. The maximum absolute atomic E-state index is 13.7. The molecule has 9 heteroatoms. The maximum Gasteiger partial charge on any atom is 0.332 e. The first kappa shape index (κ1) is 22.3. The number of aromatic nitrogens is 1. The predicted octanol–water partition coefficient (Wildman–Crippen LogP) is 4.60. The molecule has 0 saturated heterocycles. The van der Waals surface area contributed by atoms with Gasteiger partial charge in [-0.05, 0) is 70.8 Å². The van der Waals surface area contributed by atoms with Crippen LogP contribution in [-0.4, -0.2) is 25.2 Å². The van der Waals surface area contributed by atoms with Crippen LogP contribution in [0, 0.1) is 0 Å². The molecule has 1 aliphatic rings. The molecule has 4 aromatic rings. The second-order valence-electron chi connectivity index (χ2n) is 7.96. The fourth-order valence-electron chi connectivity index (χ4n) is 4.20. The van der Waals surface area contributed by atoms with E-state index in [0.29, 0.717) is 28.0 Å². The van der Waals surface area contributed by atoms with Gasteiger partial charge in [0.2, 0.25) is 5.91 Å². The van der Waals surface area contributed by atoms with Crippen molar-refractivity contribution in [2.75, 3.05) is 5.32 Å². The summed E-state index contributed by atoms with van der Waals surface area (Å²) < 4.78 is 36.6. The largest absolute Gasteiger partial charge is 0.366 e. The van der Waals surface area contributed by atoms with Crippen molar-refractivity contribution in [1.29, 1.82) is 0 Å². The standard InChI is InChI=1S/C26H18FN3O4S/c27-35(33,34)18-9-10-20(25(28)31)21(14-18)16-5-1-4-15(12-16)19-7-2-8-23-24(19)22(26(32)30-23)13-17-6-3-11-29-17/h1-14,29H,(H2,28,31)(H,30,32). The van der Waals surface area contributed by atoms with Crippen molar-refractivity contribution in [2.24, 2.45) is 5.73 Å². The van der Waals surface area contributed by atoms with Gasteiger partial charge in [-0.15, -0.1) is 3.89 Å². The molecule has 0 radical (unpaired) electrons. The third-order valence-corrected chi connectivity index (χ3v) is 6.59. The predicted molar refractivity (Wildman–Crippen MR) is 131 cm³/mol. The molecule has 0 aliphatic carbocycles. The number of primary amides is 1. The van der Waals surface area contributed by atoms with E-state index in [1.165, 1.54) is 6.07 Å². The van der Waals surface area contributed by atoms with Crippen LogP contribution >= 0.6 is 0 Å². The highest BCUT2D eigenvalue weighted by Crippen LogP contribution is 2.41. The number of carbonyl (C=O) groups is 2. The van der Waals surface area contributed by atoms with Crippen LogP contribution < -0.4 is 11.1 Å². The molecular weight excluding hydrogens is 469 g/mol. The molecule has 3 aromatic carbocycles. The van der Waals surface area contributed by atoms with Gasteiger partial charge in [-0.25, -0.2) is 0 Å². The molecule has 0 unspecified atom stereocenters. The molecule has 2 amide bonds. The number of fused-ring (bicyclic) bond motifs is 1. The highest BCUT2D eigenvalue weighted by molar-refractivity contribution is 7.86. The van der Waals surface area contributed by atoms with Gasteiger partial charge in [-0.2, -0.15) is 8.42 Å². The number of halogens is 1. The number of benzene rings is 3. The summed E-state index contributed by atoms with van der Waals surface area (Å²) >= 11 is 0. The van der Waals surface area contributed by atoms with E-state index in [2.05, 4.69) is 10.3 Å². The van der Waals surface area contributed by atoms with E-state index in [-0.39, 0.29) is 17.0 Å². The molecule has 35 heavy (non-hydrogen) atoms. The molecule has 1 aliphatic heterocycles. The molecule has 0 fully saturated rings. The molecule has 4 N–H and O–H groups in total. The van der Waals surface area contributed by atoms with Gasteiger partial charge in [0.1, 0.15) is 0 Å². The van der Waals surface area contributed by atoms with Crippen molar-refractivity contribution < 1.29 is 21.9 Å². The van der Waals surface area contributed by atoms with E-state index < -0.39 is 21.0 Å². The molecule has 5 rings (SSSR count). The van der Waals surface area contributed by atoms with E-state index in [4.69, 9.17) is 5.73 Å². The first-order valence-corrected chi connectivity index (χ1v) is 11.9. The first-order chi connectivity index (χ1) is 16.7. The third-order valence-electron chi connectivity index (χ3n) is 5.77. The minimum Gasteiger partial charge on any atom is -0.366 e. The van der Waals surface area contributed by atoms with Gasteiger partial charge in [-0.1, -0.05) is 30.3 Å². The zero-order chi connectivity index (χ0) is 24.7. The third kappa shape index (κ3) is 4.13. The van der Waals surface area contributed by atoms with E-state index in [1.807, 2.05) is 30.3 Å². The van der Waals surface area contributed by atoms with Crippen molar-refractivity contribution >= 4 is 39.4 Å². The number of hydrogen-bond donors (Lipinski definition) is 3. The van der Waals surface area contributed by atoms with Gasteiger partial charge in [0.25, 0.3) is 5.91 Å². The van der Waals surface area contributed by atoms with E-state index in [1.54, 1.807) is 36.5 Å². The monoisotopic (exact) mass is 487 g/mol. The highest BCUT2D eigenvalue weighted by Gasteiger charge is 2.27. The number of carbonyl (C=O) groups excluding carboxylic acids is 2. The Balaban J connectivity index is 1.68. The van der Waals surface area contributed by atoms with Gasteiger partial charge in [0.15, 0.2) is 0 Å². The number of amides is 2. The number of hydrogen-bond acceptors (Lipinski definition) is 4. The van der Waals surface area contributed by atoms with E-state index >= 15 is 0 Å². The second-order valence-corrected chi connectivity index (χ2v) is 9.30. The number of aromatic amines is 1. The van der Waals surface area contributed by atoms with Crippen LogP contribution in [0.2, 0.25) is 0 Å². The van der Waals surface area contributed by atoms with E-state index in [0.717, 1.165) is 23.4 Å². The minimum absolute atomic E-state index is 0.0528. The molecule has 0 atom stereocenters. The van der Waals surface area contributed by atoms with Crippen LogP contribution in [0.1, 0.15) is 21.6 Å². The van der Waals surface area contributed by atoms with Crippen molar-refractivity contribution in [3.05, 3.63) is 95.8 Å². The summed E-state index contributed by atoms with van der Waals surface area (Å²) in [7, 11) is -4.99. The summed E-state index contributed by atoms with van der Waals surface area (Å²) in [6, 6.07) is 19.4. The quantitative estimate of drug-likeness (QED) is 0.281. The molecule has 0 saturated carbocycles. The summed E-state index contributed by atoms with van der Waals surface area (Å²) in [4.78, 5) is 27.2. The number of H-pyrrole nitrogens is 1. The fraction of sp³-hybridized carbons (Fsp3) is 0. The Hall–Kier alpha value is -4.50. The van der Waals surface area contributed by atoms with Crippen molar-refractivity contribution in [3.8, 4) is 22.3 Å². The Morgan fingerprint density at radius 1 is 0.914 bits per heavy atom. The van der Waals surface area contributed by atoms with Crippen molar-refractivity contribution in [3.63, 3.8) is 0 Å². The number of rotatable bonds is 5. The number of nitrogens with two attached hydrogens (primary N) is 1. The van der Waals surface area contributed by atoms with Crippen LogP contribution in [0.15, 0.2) is 83.9 Å². The first-order valence-electron chi connectivity index (χ1n) is 10.5. The van der Waals surface area contributed by atoms with Crippen molar-refractivity contribution in [2.45, 2.75) is 4.90 Å². The summed E-state index contributed by atoms with van der Waals surface area (Å²) in [6.07, 6.45) is 3.52. The lowest BCUT2D eigenvalue weighted by atomic mass is 9.91. The summed E-state index contributed by atoms with van der Waals surface area (Å²) in [5.74, 6) is -1.02. The second kappa shape index (κ2) is 8.37. The highest BCUT2D eigenvalue weighted by atomic mass is 32.3. The Labute approximate surface area is 200 Å². The summed E-state index contributed by atoms with van der Waals surface area (Å²) in [5, 5.41) is 2.87. The van der Waals surface area contributed by atoms with Crippen LogP contribution in [0.4, 0.5) is 9.57 Å². The zero-order valence-corrected chi connectivity index (χ0v) is 18.9. The molecule has 7 nitrogen and oxygen atoms in total. The molecule has 174 valence electrons. The smallest absolute Gasteiger partial charge is 0.332 e.